The van der Waals surface area contributed by atoms with Crippen molar-refractivity contribution in [2.75, 3.05) is 0 Å². The van der Waals surface area contributed by atoms with Gasteiger partial charge in [0.2, 0.25) is 0 Å². The summed E-state index contributed by atoms with van der Waals surface area (Å²) in [5.74, 6) is -0.145. The minimum absolute atomic E-state index is 0. The Hall–Kier alpha value is -3.94. The standard InChI is InChI=1S/C19H14N4O4.CH4/c24-16-10-13(11-27-15-9-5-4-8-14(15)18(25)26)20-19-21-17(22-23(16)19)12-6-2-1-3-7-12;/h1-10H,11H2,(H,25,26)(H,20,21,22);1H4. The highest BCUT2D eigenvalue weighted by atomic mass is 16.5. The van der Waals surface area contributed by atoms with E-state index in [0.717, 1.165) is 5.56 Å². The quantitative estimate of drug-likeness (QED) is 0.552. The molecular weight excluding hydrogens is 360 g/mol. The molecule has 2 N–H and O–H groups in total. The Morgan fingerprint density at radius 1 is 1.07 bits per heavy atom. The van der Waals surface area contributed by atoms with E-state index in [4.69, 9.17) is 4.74 Å². The number of fused-ring (bicyclic) bond motifs is 1. The Balaban J connectivity index is 0.00000225. The van der Waals surface area contributed by atoms with Crippen LogP contribution in [0.4, 0.5) is 0 Å². The number of aromatic amines is 1. The van der Waals surface area contributed by atoms with Crippen molar-refractivity contribution in [3.05, 3.63) is 82.3 Å². The highest BCUT2D eigenvalue weighted by Gasteiger charge is 2.13. The number of carboxylic acid groups (broad SMARTS) is 1. The number of para-hydroxylation sites is 1. The van der Waals surface area contributed by atoms with Gasteiger partial charge in [-0.2, -0.15) is 9.50 Å². The van der Waals surface area contributed by atoms with Gasteiger partial charge in [-0.25, -0.2) is 9.78 Å². The van der Waals surface area contributed by atoms with Gasteiger partial charge < -0.3 is 9.84 Å². The van der Waals surface area contributed by atoms with E-state index in [1.165, 1.54) is 16.6 Å². The van der Waals surface area contributed by atoms with Crippen molar-refractivity contribution in [2.45, 2.75) is 14.0 Å². The number of hydrogen-bond donors (Lipinski definition) is 2. The van der Waals surface area contributed by atoms with Gasteiger partial charge in [0, 0.05) is 11.6 Å². The highest BCUT2D eigenvalue weighted by molar-refractivity contribution is 5.90. The molecule has 0 atom stereocenters. The maximum absolute atomic E-state index is 12.3. The average Bonchev–Trinajstić information content (AvgIpc) is 3.12. The molecule has 8 nitrogen and oxygen atoms in total. The van der Waals surface area contributed by atoms with E-state index in [9.17, 15) is 14.7 Å². The summed E-state index contributed by atoms with van der Waals surface area (Å²) >= 11 is 0. The molecule has 0 aliphatic rings. The molecule has 0 amide bonds. The maximum atomic E-state index is 12.3. The van der Waals surface area contributed by atoms with Gasteiger partial charge in [0.25, 0.3) is 11.3 Å². The highest BCUT2D eigenvalue weighted by Crippen LogP contribution is 2.19. The molecule has 8 heteroatoms. The van der Waals surface area contributed by atoms with Crippen molar-refractivity contribution in [3.8, 4) is 17.1 Å². The number of hydrogen-bond acceptors (Lipinski definition) is 5. The largest absolute Gasteiger partial charge is 0.486 e. The summed E-state index contributed by atoms with van der Waals surface area (Å²) in [6.07, 6.45) is 0. The third-order valence-electron chi connectivity index (χ3n) is 3.92. The van der Waals surface area contributed by atoms with E-state index in [-0.39, 0.29) is 36.7 Å². The van der Waals surface area contributed by atoms with Crippen molar-refractivity contribution >= 4 is 11.7 Å². The molecule has 0 bridgehead atoms. The molecule has 0 saturated heterocycles. The Morgan fingerprint density at radius 2 is 1.79 bits per heavy atom. The van der Waals surface area contributed by atoms with Crippen molar-refractivity contribution in [2.24, 2.45) is 0 Å². The Morgan fingerprint density at radius 3 is 2.54 bits per heavy atom. The Kier molecular flexibility index (Phi) is 5.21. The summed E-state index contributed by atoms with van der Waals surface area (Å²) < 4.78 is 6.80. The van der Waals surface area contributed by atoms with Crippen LogP contribution in [-0.2, 0) is 6.61 Å². The lowest BCUT2D eigenvalue weighted by Crippen LogP contribution is -2.16. The van der Waals surface area contributed by atoms with E-state index in [1.54, 1.807) is 18.2 Å². The molecular formula is C20H18N4O4. The molecule has 4 rings (SSSR count). The molecule has 0 fully saturated rings. The lowest BCUT2D eigenvalue weighted by atomic mass is 10.2. The van der Waals surface area contributed by atoms with E-state index < -0.39 is 5.97 Å². The molecule has 4 aromatic rings. The number of nitrogens with one attached hydrogen (secondary N) is 1. The first-order valence-electron chi connectivity index (χ1n) is 8.11. The fraction of sp³-hybridized carbons (Fsp3) is 0.100. The zero-order chi connectivity index (χ0) is 18.8. The van der Waals surface area contributed by atoms with Gasteiger partial charge in [-0.1, -0.05) is 49.9 Å². The summed E-state index contributed by atoms with van der Waals surface area (Å²) in [5.41, 5.74) is 0.892. The molecule has 2 aromatic heterocycles. The summed E-state index contributed by atoms with van der Waals surface area (Å²) in [4.78, 5) is 32.2. The lowest BCUT2D eigenvalue weighted by molar-refractivity contribution is 0.0691. The Bertz CT molecular complexity index is 1180. The molecule has 0 radical (unpaired) electrons. The van der Waals surface area contributed by atoms with E-state index in [2.05, 4.69) is 15.1 Å². The van der Waals surface area contributed by atoms with Gasteiger partial charge in [-0.3, -0.25) is 9.89 Å². The molecule has 0 unspecified atom stereocenters. The number of nitrogens with zero attached hydrogens (tertiary/aromatic N) is 3. The summed E-state index contributed by atoms with van der Waals surface area (Å²) in [7, 11) is 0. The van der Waals surface area contributed by atoms with Gasteiger partial charge in [0.05, 0.1) is 5.69 Å². The van der Waals surface area contributed by atoms with Crippen LogP contribution in [0, 0.1) is 0 Å². The van der Waals surface area contributed by atoms with Crippen LogP contribution >= 0.6 is 0 Å². The van der Waals surface area contributed by atoms with Crippen LogP contribution in [0.5, 0.6) is 5.75 Å². The number of carbonyl (C=O) groups is 1. The molecule has 2 heterocycles. The van der Waals surface area contributed by atoms with Crippen molar-refractivity contribution in [1.82, 2.24) is 19.6 Å². The summed E-state index contributed by atoms with van der Waals surface area (Å²) in [6.45, 7) is -0.0520. The predicted octanol–water partition coefficient (Wildman–Crippen LogP) is 3.00. The zero-order valence-corrected chi connectivity index (χ0v) is 14.0. The number of carboxylic acids is 1. The van der Waals surface area contributed by atoms with Gasteiger partial charge in [0.15, 0.2) is 5.82 Å². The van der Waals surface area contributed by atoms with Gasteiger partial charge in [0.1, 0.15) is 17.9 Å². The lowest BCUT2D eigenvalue weighted by Gasteiger charge is -2.08. The normalized spacial score (nSPS) is 10.4. The topological polar surface area (TPSA) is 110 Å². The van der Waals surface area contributed by atoms with Crippen LogP contribution in [0.15, 0.2) is 65.5 Å². The van der Waals surface area contributed by atoms with Gasteiger partial charge in [-0.05, 0) is 12.1 Å². The van der Waals surface area contributed by atoms with Crippen LogP contribution in [0.2, 0.25) is 0 Å². The van der Waals surface area contributed by atoms with E-state index in [0.29, 0.717) is 11.5 Å². The van der Waals surface area contributed by atoms with Gasteiger partial charge >= 0.3 is 5.97 Å². The molecule has 0 aliphatic heterocycles. The third-order valence-corrected chi connectivity index (χ3v) is 3.92. The Labute approximate surface area is 160 Å². The minimum Gasteiger partial charge on any atom is -0.486 e. The van der Waals surface area contributed by atoms with E-state index in [1.807, 2.05) is 30.3 Å². The SMILES string of the molecule is C.O=C(O)c1ccccc1OCc1cc(=O)n2[nH]c(-c3ccccc3)nc2n1. The number of aromatic nitrogens is 4. The zero-order valence-electron chi connectivity index (χ0n) is 14.0. The number of rotatable bonds is 5. The number of ether oxygens (including phenoxy) is 1. The second kappa shape index (κ2) is 7.75. The van der Waals surface area contributed by atoms with Crippen LogP contribution in [0.1, 0.15) is 23.5 Å². The van der Waals surface area contributed by atoms with Gasteiger partial charge in [-0.15, -0.1) is 0 Å². The van der Waals surface area contributed by atoms with Crippen molar-refractivity contribution < 1.29 is 14.6 Å². The summed E-state index contributed by atoms with van der Waals surface area (Å²) in [5, 5.41) is 12.1. The third kappa shape index (κ3) is 3.61. The van der Waals surface area contributed by atoms with Crippen molar-refractivity contribution in [1.29, 1.82) is 0 Å². The maximum Gasteiger partial charge on any atom is 0.339 e. The van der Waals surface area contributed by atoms with Crippen LogP contribution in [0.3, 0.4) is 0 Å². The molecule has 0 saturated carbocycles. The molecule has 0 spiro atoms. The number of H-pyrrole nitrogens is 1. The first kappa shape index (κ1) is 18.8. The molecule has 2 aromatic carbocycles. The molecule has 0 aliphatic carbocycles. The fourth-order valence-corrected chi connectivity index (χ4v) is 2.65. The first-order chi connectivity index (χ1) is 13.1. The summed E-state index contributed by atoms with van der Waals surface area (Å²) in [6, 6.07) is 17.0. The molecule has 28 heavy (non-hydrogen) atoms. The number of benzene rings is 2. The smallest absolute Gasteiger partial charge is 0.339 e. The van der Waals surface area contributed by atoms with Crippen LogP contribution < -0.4 is 10.3 Å². The van der Waals surface area contributed by atoms with Crippen LogP contribution in [-0.4, -0.2) is 30.7 Å². The average molecular weight is 378 g/mol. The fourth-order valence-electron chi connectivity index (χ4n) is 2.65. The van der Waals surface area contributed by atoms with E-state index >= 15 is 0 Å². The van der Waals surface area contributed by atoms with Crippen molar-refractivity contribution in [3.63, 3.8) is 0 Å². The second-order valence-electron chi connectivity index (χ2n) is 5.75. The minimum atomic E-state index is -1.09. The monoisotopic (exact) mass is 378 g/mol. The predicted molar refractivity (Wildman–Crippen MR) is 104 cm³/mol. The first-order valence-corrected chi connectivity index (χ1v) is 8.11. The molecule has 142 valence electrons. The van der Waals surface area contributed by atoms with Crippen LogP contribution in [0.25, 0.3) is 17.2 Å². The second-order valence-corrected chi connectivity index (χ2v) is 5.75. The number of aromatic carboxylic acids is 1.